The van der Waals surface area contributed by atoms with Crippen molar-refractivity contribution >= 4 is 35.0 Å². The number of rotatable bonds is 4. The Morgan fingerprint density at radius 3 is 2.76 bits per heavy atom. The molecule has 0 bridgehead atoms. The number of nitrogens with zero attached hydrogens (tertiary/aromatic N) is 3. The minimum Gasteiger partial charge on any atom is -0.497 e. The summed E-state index contributed by atoms with van der Waals surface area (Å²) in [6, 6.07) is 14.3. The Morgan fingerprint density at radius 2 is 2.03 bits per heavy atom. The van der Waals surface area contributed by atoms with Crippen molar-refractivity contribution in [3.8, 4) is 17.0 Å². The maximum absolute atomic E-state index is 12.1. The number of aromatic amines is 1. The molecule has 2 aromatic carbocycles. The molecule has 1 N–H and O–H groups in total. The van der Waals surface area contributed by atoms with Gasteiger partial charge in [-0.1, -0.05) is 41.4 Å². The number of benzene rings is 2. The molecular formula is C20H16Cl2N4O3. The van der Waals surface area contributed by atoms with Gasteiger partial charge < -0.3 is 9.47 Å². The molecule has 0 radical (unpaired) electrons. The van der Waals surface area contributed by atoms with Gasteiger partial charge in [-0.25, -0.2) is 0 Å². The molecule has 0 spiro atoms. The third-order valence-electron chi connectivity index (χ3n) is 4.37. The van der Waals surface area contributed by atoms with Gasteiger partial charge >= 0.3 is 0 Å². The van der Waals surface area contributed by atoms with Crippen LogP contribution in [0.25, 0.3) is 11.3 Å². The predicted octanol–water partition coefficient (Wildman–Crippen LogP) is 4.63. The highest BCUT2D eigenvalue weighted by atomic mass is 35.5. The number of hydrazone groups is 1. The molecule has 0 aliphatic carbocycles. The van der Waals surface area contributed by atoms with Crippen molar-refractivity contribution in [2.45, 2.75) is 13.2 Å². The minimum absolute atomic E-state index is 0.234. The molecule has 1 aliphatic rings. The zero-order chi connectivity index (χ0) is 20.5. The van der Waals surface area contributed by atoms with Gasteiger partial charge in [0.15, 0.2) is 0 Å². The highest BCUT2D eigenvalue weighted by Gasteiger charge is 2.35. The van der Waals surface area contributed by atoms with E-state index in [4.69, 9.17) is 32.7 Å². The average Bonchev–Trinajstić information content (AvgIpc) is 3.35. The summed E-state index contributed by atoms with van der Waals surface area (Å²) in [5.41, 5.74) is 2.66. The summed E-state index contributed by atoms with van der Waals surface area (Å²) in [5, 5.41) is 13.6. The Hall–Kier alpha value is -3.03. The largest absolute Gasteiger partial charge is 0.497 e. The van der Waals surface area contributed by atoms with Crippen LogP contribution in [0.3, 0.4) is 0 Å². The van der Waals surface area contributed by atoms with Gasteiger partial charge in [0.1, 0.15) is 11.4 Å². The first-order chi connectivity index (χ1) is 14.0. The van der Waals surface area contributed by atoms with Gasteiger partial charge in [-0.3, -0.25) is 9.89 Å². The zero-order valence-corrected chi connectivity index (χ0v) is 17.0. The first-order valence-corrected chi connectivity index (χ1v) is 9.42. The van der Waals surface area contributed by atoms with Crippen molar-refractivity contribution in [3.05, 3.63) is 69.8 Å². The van der Waals surface area contributed by atoms with E-state index in [1.807, 2.05) is 24.3 Å². The SMILES string of the molecule is COc1cccc(-c2cc(C3=NN(C(C)=O)C(c4ccc(Cl)cc4Cl)O3)[nH]n2)c1. The summed E-state index contributed by atoms with van der Waals surface area (Å²) in [7, 11) is 1.61. The maximum Gasteiger partial charge on any atom is 0.259 e. The second-order valence-electron chi connectivity index (χ2n) is 6.30. The molecule has 3 aromatic rings. The number of aromatic nitrogens is 2. The van der Waals surface area contributed by atoms with Gasteiger partial charge in [0.25, 0.3) is 5.90 Å². The Labute approximate surface area is 176 Å². The first-order valence-electron chi connectivity index (χ1n) is 8.66. The van der Waals surface area contributed by atoms with Crippen LogP contribution in [0.1, 0.15) is 24.4 Å². The fraction of sp³-hybridized carbons (Fsp3) is 0.150. The van der Waals surface area contributed by atoms with Crippen LogP contribution in [0.4, 0.5) is 0 Å². The van der Waals surface area contributed by atoms with Gasteiger partial charge in [0.05, 0.1) is 17.8 Å². The van der Waals surface area contributed by atoms with Gasteiger partial charge in [-0.2, -0.15) is 10.1 Å². The summed E-state index contributed by atoms with van der Waals surface area (Å²) < 4.78 is 11.2. The molecular weight excluding hydrogens is 415 g/mol. The summed E-state index contributed by atoms with van der Waals surface area (Å²) in [6.45, 7) is 1.40. The highest BCUT2D eigenvalue weighted by molar-refractivity contribution is 6.35. The standard InChI is InChI=1S/C20H16Cl2N4O3/c1-11(27)26-20(15-7-6-13(21)9-16(15)22)29-19(25-26)18-10-17(23-24-18)12-4-3-5-14(8-12)28-2/h3-10,20H,1-2H3,(H,23,24). The molecule has 0 saturated carbocycles. The molecule has 9 heteroatoms. The molecule has 1 unspecified atom stereocenters. The van der Waals surface area contributed by atoms with E-state index in [2.05, 4.69) is 15.3 Å². The second kappa shape index (κ2) is 7.77. The number of ether oxygens (including phenoxy) is 2. The average molecular weight is 431 g/mol. The van der Waals surface area contributed by atoms with E-state index in [1.165, 1.54) is 11.9 Å². The number of methoxy groups -OCH3 is 1. The van der Waals surface area contributed by atoms with Gasteiger partial charge in [0, 0.05) is 23.1 Å². The number of carbonyl (C=O) groups excluding carboxylic acids is 1. The van der Waals surface area contributed by atoms with Crippen molar-refractivity contribution < 1.29 is 14.3 Å². The van der Waals surface area contributed by atoms with E-state index in [9.17, 15) is 4.79 Å². The first kappa shape index (κ1) is 19.3. The Kier molecular flexibility index (Phi) is 5.17. The monoisotopic (exact) mass is 430 g/mol. The van der Waals surface area contributed by atoms with Crippen LogP contribution >= 0.6 is 23.2 Å². The molecule has 7 nitrogen and oxygen atoms in total. The fourth-order valence-electron chi connectivity index (χ4n) is 2.94. The normalized spacial score (nSPS) is 15.8. The summed E-state index contributed by atoms with van der Waals surface area (Å²) in [5.74, 6) is 0.670. The summed E-state index contributed by atoms with van der Waals surface area (Å²) >= 11 is 12.3. The van der Waals surface area contributed by atoms with E-state index in [1.54, 1.807) is 31.4 Å². The number of halogens is 2. The van der Waals surface area contributed by atoms with Crippen LogP contribution in [-0.4, -0.2) is 34.1 Å². The number of amides is 1. The van der Waals surface area contributed by atoms with Crippen molar-refractivity contribution in [1.82, 2.24) is 15.2 Å². The van der Waals surface area contributed by atoms with Crippen LogP contribution < -0.4 is 4.74 Å². The molecule has 1 aliphatic heterocycles. The lowest BCUT2D eigenvalue weighted by molar-refractivity contribution is -0.135. The summed E-state index contributed by atoms with van der Waals surface area (Å²) in [6.07, 6.45) is -0.796. The molecule has 4 rings (SSSR count). The van der Waals surface area contributed by atoms with E-state index in [0.29, 0.717) is 27.0 Å². The Morgan fingerprint density at radius 1 is 1.21 bits per heavy atom. The lowest BCUT2D eigenvalue weighted by atomic mass is 10.1. The third kappa shape index (κ3) is 3.79. The number of carbonyl (C=O) groups is 1. The molecule has 2 heterocycles. The molecule has 148 valence electrons. The van der Waals surface area contributed by atoms with Gasteiger partial charge in [-0.05, 0) is 30.3 Å². The lowest BCUT2D eigenvalue weighted by Crippen LogP contribution is -2.25. The van der Waals surface area contributed by atoms with Crippen LogP contribution in [0.5, 0.6) is 5.75 Å². The van der Waals surface area contributed by atoms with Crippen LogP contribution in [0.2, 0.25) is 10.0 Å². The van der Waals surface area contributed by atoms with E-state index in [-0.39, 0.29) is 11.8 Å². The minimum atomic E-state index is -0.796. The van der Waals surface area contributed by atoms with Gasteiger partial charge in [0.2, 0.25) is 12.1 Å². The molecule has 0 fully saturated rings. The van der Waals surface area contributed by atoms with Crippen LogP contribution in [0.15, 0.2) is 53.6 Å². The van der Waals surface area contributed by atoms with E-state index >= 15 is 0 Å². The number of H-pyrrole nitrogens is 1. The third-order valence-corrected chi connectivity index (χ3v) is 4.93. The topological polar surface area (TPSA) is 79.8 Å². The van der Waals surface area contributed by atoms with Crippen LogP contribution in [0, 0.1) is 0 Å². The number of nitrogens with one attached hydrogen (secondary N) is 1. The maximum atomic E-state index is 12.1. The highest BCUT2D eigenvalue weighted by Crippen LogP contribution is 2.35. The zero-order valence-electron chi connectivity index (χ0n) is 15.5. The molecule has 1 atom stereocenters. The van der Waals surface area contributed by atoms with Crippen molar-refractivity contribution in [2.24, 2.45) is 5.10 Å². The number of hydrogen-bond donors (Lipinski definition) is 1. The number of hydrogen-bond acceptors (Lipinski definition) is 5. The van der Waals surface area contributed by atoms with Gasteiger partial charge in [-0.15, -0.1) is 5.10 Å². The van der Waals surface area contributed by atoms with Crippen molar-refractivity contribution in [1.29, 1.82) is 0 Å². The smallest absolute Gasteiger partial charge is 0.259 e. The van der Waals surface area contributed by atoms with Crippen molar-refractivity contribution in [3.63, 3.8) is 0 Å². The lowest BCUT2D eigenvalue weighted by Gasteiger charge is -2.20. The molecule has 29 heavy (non-hydrogen) atoms. The van der Waals surface area contributed by atoms with E-state index < -0.39 is 6.23 Å². The Balaban J connectivity index is 1.65. The van der Waals surface area contributed by atoms with Crippen LogP contribution in [-0.2, 0) is 9.53 Å². The predicted molar refractivity (Wildman–Crippen MR) is 110 cm³/mol. The fourth-order valence-corrected chi connectivity index (χ4v) is 3.44. The van der Waals surface area contributed by atoms with Crippen molar-refractivity contribution in [2.75, 3.05) is 7.11 Å². The van der Waals surface area contributed by atoms with E-state index in [0.717, 1.165) is 11.3 Å². The molecule has 0 saturated heterocycles. The quantitative estimate of drug-likeness (QED) is 0.653. The second-order valence-corrected chi connectivity index (χ2v) is 7.15. The molecule has 1 amide bonds. The Bertz CT molecular complexity index is 1110. The molecule has 1 aromatic heterocycles. The summed E-state index contributed by atoms with van der Waals surface area (Å²) in [4.78, 5) is 12.1.